The number of hydrogen-bond donors (Lipinski definition) is 0. The van der Waals surface area contributed by atoms with E-state index in [2.05, 4.69) is 24.9 Å². The van der Waals surface area contributed by atoms with Crippen molar-refractivity contribution in [3.63, 3.8) is 0 Å². The Morgan fingerprint density at radius 3 is 2.68 bits per heavy atom. The molecule has 14 heteroatoms. The predicted molar refractivity (Wildman–Crippen MR) is 184 cm³/mol. The number of methoxy groups -OCH3 is 1. The zero-order valence-corrected chi connectivity index (χ0v) is 29.6. The summed E-state index contributed by atoms with van der Waals surface area (Å²) in [7, 11) is 1.61. The number of nitriles is 1. The summed E-state index contributed by atoms with van der Waals surface area (Å²) in [6.45, 7) is 10.0. The van der Waals surface area contributed by atoms with E-state index in [1.54, 1.807) is 30.3 Å². The van der Waals surface area contributed by atoms with E-state index in [9.17, 15) is 19.2 Å². The SMILES string of the molecule is COC1CN(C(=O)OC(C)(C)C)CCC1n1ncc2c(-c3ccc4c(c3)OCC(=O)N4Cc3ncc(Cl)cc3F)c(C#N)c(CC(C)C)nc21. The van der Waals surface area contributed by atoms with Crippen molar-refractivity contribution in [3.05, 3.63) is 64.5 Å². The Morgan fingerprint density at radius 2 is 2.00 bits per heavy atom. The van der Waals surface area contributed by atoms with Gasteiger partial charge in [0.15, 0.2) is 12.3 Å². The van der Waals surface area contributed by atoms with Crippen molar-refractivity contribution in [1.82, 2.24) is 24.6 Å². The number of amides is 2. The standard InChI is InChI=1S/C36H39ClFN7O5/c1-20(2)11-26-23(14-39)33(21-7-8-28-30(12-21)49-19-32(46)44(28)17-27-25(38)13-22(37)15-40-27)24-16-41-45(34(24)42-26)29-9-10-43(18-31(29)48-6)35(47)50-36(3,4)5/h7-8,12-13,15-16,20,29,31H,9-11,17-19H2,1-6H3. The van der Waals surface area contributed by atoms with Crippen LogP contribution in [0, 0.1) is 23.1 Å². The first-order valence-electron chi connectivity index (χ1n) is 16.5. The Morgan fingerprint density at radius 1 is 1.22 bits per heavy atom. The lowest BCUT2D eigenvalue weighted by Crippen LogP contribution is -2.49. The van der Waals surface area contributed by atoms with Crippen molar-refractivity contribution in [2.45, 2.75) is 71.8 Å². The van der Waals surface area contributed by atoms with Gasteiger partial charge in [0, 0.05) is 30.8 Å². The van der Waals surface area contributed by atoms with E-state index in [4.69, 9.17) is 35.9 Å². The zero-order chi connectivity index (χ0) is 35.9. The van der Waals surface area contributed by atoms with Gasteiger partial charge in [-0.2, -0.15) is 10.4 Å². The Kier molecular flexibility index (Phi) is 9.70. The number of nitrogens with zero attached hydrogens (tertiary/aromatic N) is 7. The summed E-state index contributed by atoms with van der Waals surface area (Å²) in [6.07, 6.45) is 3.34. The van der Waals surface area contributed by atoms with Crippen molar-refractivity contribution in [1.29, 1.82) is 5.26 Å². The summed E-state index contributed by atoms with van der Waals surface area (Å²) in [5.74, 6) is -0.365. The fourth-order valence-electron chi connectivity index (χ4n) is 6.45. The van der Waals surface area contributed by atoms with Crippen LogP contribution in [-0.4, -0.2) is 75.2 Å². The molecule has 50 heavy (non-hydrogen) atoms. The highest BCUT2D eigenvalue weighted by Gasteiger charge is 2.37. The van der Waals surface area contributed by atoms with E-state index in [1.165, 1.54) is 11.1 Å². The number of pyridine rings is 2. The molecule has 0 N–H and O–H groups in total. The second-order valence-electron chi connectivity index (χ2n) is 13.9. The van der Waals surface area contributed by atoms with Crippen LogP contribution in [0.25, 0.3) is 22.2 Å². The molecule has 262 valence electrons. The van der Waals surface area contributed by atoms with Crippen LogP contribution < -0.4 is 9.64 Å². The molecule has 0 saturated carbocycles. The highest BCUT2D eigenvalue weighted by Crippen LogP contribution is 2.41. The average Bonchev–Trinajstić information content (AvgIpc) is 3.48. The lowest BCUT2D eigenvalue weighted by Gasteiger charge is -2.38. The summed E-state index contributed by atoms with van der Waals surface area (Å²) in [6, 6.07) is 8.62. The minimum atomic E-state index is -0.623. The van der Waals surface area contributed by atoms with Gasteiger partial charge in [-0.1, -0.05) is 31.5 Å². The van der Waals surface area contributed by atoms with Gasteiger partial charge < -0.3 is 19.1 Å². The van der Waals surface area contributed by atoms with Crippen molar-refractivity contribution < 1.29 is 28.2 Å². The summed E-state index contributed by atoms with van der Waals surface area (Å²) >= 11 is 5.88. The molecular weight excluding hydrogens is 665 g/mol. The number of ether oxygens (including phenoxy) is 3. The van der Waals surface area contributed by atoms with Gasteiger partial charge in [0.1, 0.15) is 23.2 Å². The molecule has 6 rings (SSSR count). The van der Waals surface area contributed by atoms with E-state index in [-0.39, 0.29) is 41.7 Å². The summed E-state index contributed by atoms with van der Waals surface area (Å²) < 4.78 is 33.9. The largest absolute Gasteiger partial charge is 0.482 e. The molecule has 2 amide bonds. The number of likely N-dealkylation sites (tertiary alicyclic amines) is 1. The Labute approximate surface area is 294 Å². The van der Waals surface area contributed by atoms with Crippen LogP contribution in [-0.2, 0) is 27.2 Å². The summed E-state index contributed by atoms with van der Waals surface area (Å²) in [4.78, 5) is 38.0. The first kappa shape index (κ1) is 35.0. The fourth-order valence-corrected chi connectivity index (χ4v) is 6.60. The number of fused-ring (bicyclic) bond motifs is 2. The van der Waals surface area contributed by atoms with Crippen LogP contribution in [0.4, 0.5) is 14.9 Å². The average molecular weight is 704 g/mol. The molecular formula is C36H39ClFN7O5. The number of rotatable bonds is 7. The van der Waals surface area contributed by atoms with Crippen molar-refractivity contribution in [2.75, 3.05) is 31.7 Å². The molecule has 1 saturated heterocycles. The maximum atomic E-state index is 14.7. The first-order valence-corrected chi connectivity index (χ1v) is 16.8. The van der Waals surface area contributed by atoms with Crippen LogP contribution in [0.5, 0.6) is 5.75 Å². The van der Waals surface area contributed by atoms with Gasteiger partial charge in [0.25, 0.3) is 5.91 Å². The second-order valence-corrected chi connectivity index (χ2v) is 14.4. The molecule has 12 nitrogen and oxygen atoms in total. The van der Waals surface area contributed by atoms with Crippen LogP contribution in [0.3, 0.4) is 0 Å². The minimum Gasteiger partial charge on any atom is -0.482 e. The minimum absolute atomic E-state index is 0.0688. The lowest BCUT2D eigenvalue weighted by atomic mass is 9.93. The number of benzene rings is 1. The van der Waals surface area contributed by atoms with Gasteiger partial charge in [-0.05, 0) is 63.3 Å². The fraction of sp³-hybridized carbons (Fsp3) is 0.444. The molecule has 0 aliphatic carbocycles. The predicted octanol–water partition coefficient (Wildman–Crippen LogP) is 6.48. The molecule has 2 aliphatic heterocycles. The van der Waals surface area contributed by atoms with Gasteiger partial charge in [0.2, 0.25) is 0 Å². The van der Waals surface area contributed by atoms with Crippen molar-refractivity contribution in [3.8, 4) is 22.9 Å². The monoisotopic (exact) mass is 703 g/mol. The highest BCUT2D eigenvalue weighted by molar-refractivity contribution is 6.30. The second kappa shape index (κ2) is 13.8. The van der Waals surface area contributed by atoms with E-state index in [0.29, 0.717) is 70.8 Å². The maximum absolute atomic E-state index is 14.7. The molecule has 1 fully saturated rings. The van der Waals surface area contributed by atoms with E-state index >= 15 is 0 Å². The first-order chi connectivity index (χ1) is 23.8. The Balaban J connectivity index is 1.41. The van der Waals surface area contributed by atoms with Gasteiger partial charge in [-0.3, -0.25) is 14.7 Å². The maximum Gasteiger partial charge on any atom is 0.410 e. The Hall–Kier alpha value is -4.80. The summed E-state index contributed by atoms with van der Waals surface area (Å²) in [5.41, 5.74) is 2.85. The van der Waals surface area contributed by atoms with Gasteiger partial charge in [-0.25, -0.2) is 18.9 Å². The van der Waals surface area contributed by atoms with E-state index in [1.807, 2.05) is 31.5 Å². The number of aromatic nitrogens is 4. The van der Waals surface area contributed by atoms with E-state index < -0.39 is 23.6 Å². The van der Waals surface area contributed by atoms with Gasteiger partial charge in [0.05, 0.1) is 59.1 Å². The quantitative estimate of drug-likeness (QED) is 0.212. The smallest absolute Gasteiger partial charge is 0.410 e. The normalized spacial score (nSPS) is 17.9. The van der Waals surface area contributed by atoms with Crippen LogP contribution in [0.1, 0.15) is 64.0 Å². The third-order valence-electron chi connectivity index (χ3n) is 8.71. The third-order valence-corrected chi connectivity index (χ3v) is 8.91. The van der Waals surface area contributed by atoms with Crippen molar-refractivity contribution in [2.24, 2.45) is 5.92 Å². The molecule has 2 atom stereocenters. The molecule has 3 aromatic heterocycles. The number of piperidine rings is 1. The topological polar surface area (TPSA) is 136 Å². The molecule has 2 unspecified atom stereocenters. The third kappa shape index (κ3) is 6.95. The van der Waals surface area contributed by atoms with E-state index in [0.717, 1.165) is 6.07 Å². The number of halogens is 2. The number of carbonyl (C=O) groups excluding carboxylic acids is 2. The van der Waals surface area contributed by atoms with Crippen LogP contribution >= 0.6 is 11.6 Å². The number of hydrogen-bond acceptors (Lipinski definition) is 9. The van der Waals surface area contributed by atoms with Crippen LogP contribution in [0.2, 0.25) is 5.02 Å². The van der Waals surface area contributed by atoms with Crippen molar-refractivity contribution >= 4 is 40.3 Å². The molecule has 1 aromatic carbocycles. The zero-order valence-electron chi connectivity index (χ0n) is 28.9. The number of carbonyl (C=O) groups is 2. The Bertz CT molecular complexity index is 2000. The van der Waals surface area contributed by atoms with Crippen LogP contribution in [0.15, 0.2) is 36.7 Å². The van der Waals surface area contributed by atoms with Gasteiger partial charge >= 0.3 is 6.09 Å². The highest BCUT2D eigenvalue weighted by atomic mass is 35.5. The summed E-state index contributed by atoms with van der Waals surface area (Å²) in [5, 5.41) is 16.1. The number of anilines is 1. The molecule has 0 bridgehead atoms. The molecule has 4 aromatic rings. The molecule has 0 radical (unpaired) electrons. The lowest BCUT2D eigenvalue weighted by molar-refractivity contribution is -0.121. The molecule has 5 heterocycles. The van der Waals surface area contributed by atoms with Gasteiger partial charge in [-0.15, -0.1) is 0 Å². The molecule has 0 spiro atoms. The molecule has 2 aliphatic rings.